The predicted molar refractivity (Wildman–Crippen MR) is 75.0 cm³/mol. The number of aliphatic hydroxyl groups excluding tert-OH is 1. The number of halogens is 1. The Morgan fingerprint density at radius 3 is 3.05 bits per heavy atom. The highest BCUT2D eigenvalue weighted by atomic mass is 79.9. The highest BCUT2D eigenvalue weighted by Crippen LogP contribution is 2.21. The molecule has 0 aliphatic carbocycles. The smallest absolute Gasteiger partial charge is 0.297 e. The fourth-order valence-corrected chi connectivity index (χ4v) is 2.72. The highest BCUT2D eigenvalue weighted by Gasteiger charge is 2.24. The first kappa shape index (κ1) is 12.8. The van der Waals surface area contributed by atoms with Crippen LogP contribution in [0.4, 0.5) is 6.01 Å². The van der Waals surface area contributed by atoms with Gasteiger partial charge in [0.1, 0.15) is 4.60 Å². The second-order valence-electron chi connectivity index (χ2n) is 4.93. The van der Waals surface area contributed by atoms with Gasteiger partial charge < -0.3 is 19.7 Å². The zero-order valence-corrected chi connectivity index (χ0v) is 12.1. The van der Waals surface area contributed by atoms with Crippen molar-refractivity contribution < 1.29 is 9.52 Å². The Bertz CT molecular complexity index is 578. The molecule has 0 amide bonds. The number of β-amino-alcohol motifs (C(OH)–C–C–N with tert-alkyl or cyclic N) is 1. The SMILES string of the molecule is CN1C[C@@H](O)C[C@@H](Nc2nc3nc(Br)ccc3o2)C1. The third kappa shape index (κ3) is 2.88. The number of rotatable bonds is 2. The molecule has 19 heavy (non-hydrogen) atoms. The normalized spacial score (nSPS) is 24.8. The van der Waals surface area contributed by atoms with Crippen LogP contribution in [0.25, 0.3) is 11.2 Å². The number of aliphatic hydroxyl groups is 1. The minimum Gasteiger partial charge on any atom is -0.422 e. The van der Waals surface area contributed by atoms with E-state index in [0.29, 0.717) is 30.2 Å². The van der Waals surface area contributed by atoms with Gasteiger partial charge in [-0.3, -0.25) is 0 Å². The lowest BCUT2D eigenvalue weighted by Gasteiger charge is -2.33. The number of likely N-dealkylation sites (N-methyl/N-ethyl adjacent to an activating group) is 1. The van der Waals surface area contributed by atoms with Crippen molar-refractivity contribution in [3.8, 4) is 0 Å². The van der Waals surface area contributed by atoms with E-state index in [0.717, 1.165) is 11.1 Å². The Hall–Kier alpha value is -1.18. The van der Waals surface area contributed by atoms with E-state index in [1.54, 1.807) is 0 Å². The number of hydrogen-bond donors (Lipinski definition) is 2. The van der Waals surface area contributed by atoms with Gasteiger partial charge in [-0.25, -0.2) is 4.98 Å². The quantitative estimate of drug-likeness (QED) is 0.814. The summed E-state index contributed by atoms with van der Waals surface area (Å²) in [5, 5.41) is 13.0. The molecule has 0 bridgehead atoms. The summed E-state index contributed by atoms with van der Waals surface area (Å²) in [6, 6.07) is 4.22. The van der Waals surface area contributed by atoms with Crippen LogP contribution in [0.15, 0.2) is 21.2 Å². The van der Waals surface area contributed by atoms with Gasteiger partial charge >= 0.3 is 0 Å². The minimum atomic E-state index is -0.312. The molecule has 0 radical (unpaired) electrons. The van der Waals surface area contributed by atoms with Crippen LogP contribution in [-0.2, 0) is 0 Å². The number of hydrogen-bond acceptors (Lipinski definition) is 6. The van der Waals surface area contributed by atoms with Gasteiger partial charge in [0.15, 0.2) is 5.58 Å². The topological polar surface area (TPSA) is 74.4 Å². The number of nitrogens with zero attached hydrogens (tertiary/aromatic N) is 3. The molecule has 1 saturated heterocycles. The summed E-state index contributed by atoms with van der Waals surface area (Å²) in [6.07, 6.45) is 0.382. The lowest BCUT2D eigenvalue weighted by Crippen LogP contribution is -2.46. The summed E-state index contributed by atoms with van der Waals surface area (Å²) in [4.78, 5) is 10.6. The molecule has 2 atom stereocenters. The molecule has 6 nitrogen and oxygen atoms in total. The predicted octanol–water partition coefficient (Wildman–Crippen LogP) is 1.46. The molecule has 2 aromatic heterocycles. The monoisotopic (exact) mass is 326 g/mol. The van der Waals surface area contributed by atoms with E-state index in [1.807, 2.05) is 19.2 Å². The molecule has 0 unspecified atom stereocenters. The van der Waals surface area contributed by atoms with E-state index in [2.05, 4.69) is 36.1 Å². The molecule has 0 saturated carbocycles. The molecule has 2 N–H and O–H groups in total. The van der Waals surface area contributed by atoms with Crippen LogP contribution >= 0.6 is 15.9 Å². The van der Waals surface area contributed by atoms with Gasteiger partial charge in [-0.05, 0) is 41.5 Å². The molecule has 1 fully saturated rings. The van der Waals surface area contributed by atoms with Gasteiger partial charge in [-0.2, -0.15) is 4.98 Å². The van der Waals surface area contributed by atoms with Crippen LogP contribution in [0.5, 0.6) is 0 Å². The number of aromatic nitrogens is 2. The summed E-state index contributed by atoms with van der Waals surface area (Å²) in [7, 11) is 1.99. The van der Waals surface area contributed by atoms with Crippen LogP contribution < -0.4 is 5.32 Å². The maximum absolute atomic E-state index is 9.75. The fraction of sp³-hybridized carbons (Fsp3) is 0.500. The van der Waals surface area contributed by atoms with Gasteiger partial charge in [0.05, 0.1) is 6.10 Å². The van der Waals surface area contributed by atoms with Crippen molar-refractivity contribution in [2.75, 3.05) is 25.5 Å². The van der Waals surface area contributed by atoms with Crippen LogP contribution in [-0.4, -0.2) is 52.3 Å². The molecule has 7 heteroatoms. The summed E-state index contributed by atoms with van der Waals surface area (Å²) in [5.74, 6) is 0. The van der Waals surface area contributed by atoms with Gasteiger partial charge in [-0.15, -0.1) is 0 Å². The Kier molecular flexibility index (Phi) is 3.42. The number of oxazole rings is 1. The lowest BCUT2D eigenvalue weighted by atomic mass is 10.0. The highest BCUT2D eigenvalue weighted by molar-refractivity contribution is 9.10. The Balaban J connectivity index is 1.77. The Morgan fingerprint density at radius 1 is 1.42 bits per heavy atom. The number of nitrogens with one attached hydrogen (secondary N) is 1. The van der Waals surface area contributed by atoms with E-state index in [1.165, 1.54) is 0 Å². The number of likely N-dealkylation sites (tertiary alicyclic amines) is 1. The number of piperidine rings is 1. The van der Waals surface area contributed by atoms with Crippen molar-refractivity contribution in [2.45, 2.75) is 18.6 Å². The van der Waals surface area contributed by atoms with Crippen LogP contribution in [0.2, 0.25) is 0 Å². The molecular weight excluding hydrogens is 312 g/mol. The first-order valence-corrected chi connectivity index (χ1v) is 6.95. The largest absolute Gasteiger partial charge is 0.422 e. The maximum Gasteiger partial charge on any atom is 0.297 e. The molecule has 0 aromatic carbocycles. The van der Waals surface area contributed by atoms with Crippen molar-refractivity contribution in [2.24, 2.45) is 0 Å². The van der Waals surface area contributed by atoms with Gasteiger partial charge in [0, 0.05) is 19.1 Å². The van der Waals surface area contributed by atoms with E-state index >= 15 is 0 Å². The molecule has 0 spiro atoms. The first-order valence-electron chi connectivity index (χ1n) is 6.16. The fourth-order valence-electron chi connectivity index (χ4n) is 2.42. The van der Waals surface area contributed by atoms with Gasteiger partial charge in [-0.1, -0.05) is 0 Å². The molecule has 1 aliphatic rings. The van der Waals surface area contributed by atoms with Crippen molar-refractivity contribution in [1.82, 2.24) is 14.9 Å². The molecule has 3 rings (SSSR count). The van der Waals surface area contributed by atoms with Gasteiger partial charge in [0.2, 0.25) is 5.65 Å². The van der Waals surface area contributed by atoms with E-state index in [-0.39, 0.29) is 12.1 Å². The zero-order valence-electron chi connectivity index (χ0n) is 10.5. The average Bonchev–Trinajstić information content (AvgIpc) is 2.68. The summed E-state index contributed by atoms with van der Waals surface area (Å²) >= 11 is 3.30. The summed E-state index contributed by atoms with van der Waals surface area (Å²) < 4.78 is 6.32. The third-order valence-corrected chi connectivity index (χ3v) is 3.60. The lowest BCUT2D eigenvalue weighted by molar-refractivity contribution is 0.0775. The van der Waals surface area contributed by atoms with Crippen molar-refractivity contribution in [3.63, 3.8) is 0 Å². The van der Waals surface area contributed by atoms with Crippen molar-refractivity contribution >= 4 is 33.2 Å². The average molecular weight is 327 g/mol. The Morgan fingerprint density at radius 2 is 2.26 bits per heavy atom. The molecule has 1 aliphatic heterocycles. The van der Waals surface area contributed by atoms with E-state index in [4.69, 9.17) is 4.42 Å². The van der Waals surface area contributed by atoms with Crippen LogP contribution in [0.1, 0.15) is 6.42 Å². The van der Waals surface area contributed by atoms with Crippen LogP contribution in [0.3, 0.4) is 0 Å². The molecular formula is C12H15BrN4O2. The van der Waals surface area contributed by atoms with E-state index < -0.39 is 0 Å². The zero-order chi connectivity index (χ0) is 13.4. The second-order valence-corrected chi connectivity index (χ2v) is 5.74. The minimum absolute atomic E-state index is 0.130. The van der Waals surface area contributed by atoms with Crippen LogP contribution in [0, 0.1) is 0 Å². The second kappa shape index (κ2) is 5.07. The standard InChI is InChI=1S/C12H15BrN4O2/c1-17-5-7(4-8(18)6-17)14-12-16-11-9(19-12)2-3-10(13)15-11/h2-3,7-8,18H,4-6H2,1H3,(H,14,15,16)/t7-,8+/m1/s1. The van der Waals surface area contributed by atoms with E-state index in [9.17, 15) is 5.11 Å². The van der Waals surface area contributed by atoms with Crippen molar-refractivity contribution in [3.05, 3.63) is 16.7 Å². The summed E-state index contributed by atoms with van der Waals surface area (Å²) in [6.45, 7) is 1.56. The van der Waals surface area contributed by atoms with Crippen molar-refractivity contribution in [1.29, 1.82) is 0 Å². The molecule has 102 valence electrons. The first-order chi connectivity index (χ1) is 9.10. The number of pyridine rings is 1. The Labute approximate surface area is 119 Å². The van der Waals surface area contributed by atoms with Gasteiger partial charge in [0.25, 0.3) is 6.01 Å². The molecule has 3 heterocycles. The summed E-state index contributed by atoms with van der Waals surface area (Å²) in [5.41, 5.74) is 1.22. The number of fused-ring (bicyclic) bond motifs is 1. The number of anilines is 1. The maximum atomic E-state index is 9.75. The molecule has 2 aromatic rings. The third-order valence-electron chi connectivity index (χ3n) is 3.16.